The molecular formula is C11H18N2O4S. The van der Waals surface area contributed by atoms with E-state index < -0.39 is 15.9 Å². The molecule has 1 rings (SSSR count). The monoisotopic (exact) mass is 274 g/mol. The predicted octanol–water partition coefficient (Wildman–Crippen LogP) is 1.01. The maximum atomic E-state index is 11.7. The van der Waals surface area contributed by atoms with E-state index in [1.807, 2.05) is 13.8 Å². The van der Waals surface area contributed by atoms with E-state index in [1.54, 1.807) is 0 Å². The van der Waals surface area contributed by atoms with Gasteiger partial charge in [0.05, 0.1) is 0 Å². The van der Waals surface area contributed by atoms with Gasteiger partial charge in [-0.3, -0.25) is 4.79 Å². The highest BCUT2D eigenvalue weighted by atomic mass is 32.2. The van der Waals surface area contributed by atoms with Gasteiger partial charge in [0.15, 0.2) is 5.76 Å². The summed E-state index contributed by atoms with van der Waals surface area (Å²) >= 11 is 0. The Morgan fingerprint density at radius 2 is 2.17 bits per heavy atom. The SMILES string of the molecule is CCC(C)CNC(=O)c1cc(S(N)(=O)=O)c(C)o1. The van der Waals surface area contributed by atoms with Gasteiger partial charge in [-0.2, -0.15) is 0 Å². The summed E-state index contributed by atoms with van der Waals surface area (Å²) in [7, 11) is -3.86. The van der Waals surface area contributed by atoms with Crippen LogP contribution in [-0.4, -0.2) is 20.9 Å². The highest BCUT2D eigenvalue weighted by Crippen LogP contribution is 2.18. The molecule has 1 aromatic heterocycles. The molecular weight excluding hydrogens is 256 g/mol. The summed E-state index contributed by atoms with van der Waals surface area (Å²) < 4.78 is 27.5. The van der Waals surface area contributed by atoms with Gasteiger partial charge in [-0.05, 0) is 12.8 Å². The third-order valence-corrected chi connectivity index (χ3v) is 3.73. The summed E-state index contributed by atoms with van der Waals surface area (Å²) in [4.78, 5) is 11.6. The second kappa shape index (κ2) is 5.53. The van der Waals surface area contributed by atoms with E-state index in [0.29, 0.717) is 12.5 Å². The van der Waals surface area contributed by atoms with Gasteiger partial charge in [0, 0.05) is 12.6 Å². The van der Waals surface area contributed by atoms with Crippen LogP contribution in [0.3, 0.4) is 0 Å². The zero-order valence-corrected chi connectivity index (χ0v) is 11.5. The number of carbonyl (C=O) groups excluding carboxylic acids is 1. The molecule has 0 aliphatic rings. The normalized spacial score (nSPS) is 13.3. The van der Waals surface area contributed by atoms with E-state index in [1.165, 1.54) is 6.92 Å². The third-order valence-electron chi connectivity index (χ3n) is 2.71. The first-order valence-corrected chi connectivity index (χ1v) is 7.21. The van der Waals surface area contributed by atoms with Crippen LogP contribution in [-0.2, 0) is 10.0 Å². The molecule has 0 aromatic carbocycles. The maximum Gasteiger partial charge on any atom is 0.287 e. The fraction of sp³-hybridized carbons (Fsp3) is 0.545. The topological polar surface area (TPSA) is 102 Å². The average Bonchev–Trinajstić information content (AvgIpc) is 2.67. The largest absolute Gasteiger partial charge is 0.455 e. The molecule has 1 amide bonds. The van der Waals surface area contributed by atoms with Crippen molar-refractivity contribution in [3.8, 4) is 0 Å². The maximum absolute atomic E-state index is 11.7. The summed E-state index contributed by atoms with van der Waals surface area (Å²) in [5.74, 6) is -0.0120. The first-order valence-electron chi connectivity index (χ1n) is 5.67. The Morgan fingerprint density at radius 3 is 2.61 bits per heavy atom. The highest BCUT2D eigenvalue weighted by Gasteiger charge is 2.20. The lowest BCUT2D eigenvalue weighted by Crippen LogP contribution is -2.27. The van der Waals surface area contributed by atoms with Crippen LogP contribution in [0.4, 0.5) is 0 Å². The molecule has 1 unspecified atom stereocenters. The molecule has 0 aliphatic carbocycles. The number of hydrogen-bond acceptors (Lipinski definition) is 4. The molecule has 0 spiro atoms. The van der Waals surface area contributed by atoms with E-state index in [0.717, 1.165) is 12.5 Å². The van der Waals surface area contributed by atoms with Gasteiger partial charge in [-0.15, -0.1) is 0 Å². The Kier molecular flexibility index (Phi) is 4.53. The zero-order valence-electron chi connectivity index (χ0n) is 10.7. The van der Waals surface area contributed by atoms with Crippen LogP contribution in [0.1, 0.15) is 36.6 Å². The minimum atomic E-state index is -3.86. The van der Waals surface area contributed by atoms with E-state index >= 15 is 0 Å². The number of sulfonamides is 1. The van der Waals surface area contributed by atoms with Crippen molar-refractivity contribution in [3.63, 3.8) is 0 Å². The number of amides is 1. The molecule has 0 radical (unpaired) electrons. The Labute approximate surface area is 107 Å². The van der Waals surface area contributed by atoms with Gasteiger partial charge in [0.25, 0.3) is 5.91 Å². The number of furan rings is 1. The van der Waals surface area contributed by atoms with Crippen LogP contribution in [0.5, 0.6) is 0 Å². The van der Waals surface area contributed by atoms with Crippen molar-refractivity contribution in [3.05, 3.63) is 17.6 Å². The van der Waals surface area contributed by atoms with E-state index in [-0.39, 0.29) is 16.4 Å². The van der Waals surface area contributed by atoms with Crippen LogP contribution in [0.2, 0.25) is 0 Å². The summed E-state index contributed by atoms with van der Waals surface area (Å²) in [6.45, 7) is 5.99. The minimum Gasteiger partial charge on any atom is -0.455 e. The summed E-state index contributed by atoms with van der Waals surface area (Å²) in [6.07, 6.45) is 0.944. The molecule has 0 saturated carbocycles. The van der Waals surface area contributed by atoms with Crippen LogP contribution in [0.25, 0.3) is 0 Å². The van der Waals surface area contributed by atoms with Crippen LogP contribution in [0.15, 0.2) is 15.4 Å². The van der Waals surface area contributed by atoms with Gasteiger partial charge in [0.2, 0.25) is 10.0 Å². The molecule has 7 heteroatoms. The molecule has 18 heavy (non-hydrogen) atoms. The molecule has 0 saturated heterocycles. The molecule has 1 heterocycles. The van der Waals surface area contributed by atoms with Crippen LogP contribution >= 0.6 is 0 Å². The number of hydrogen-bond donors (Lipinski definition) is 2. The summed E-state index contributed by atoms with van der Waals surface area (Å²) in [5.41, 5.74) is 0. The molecule has 1 aromatic rings. The standard InChI is InChI=1S/C11H18N2O4S/c1-4-7(2)6-13-11(14)9-5-10(8(3)17-9)18(12,15)16/h5,7H,4,6H2,1-3H3,(H,13,14)(H2,12,15,16). The van der Waals surface area contributed by atoms with Crippen molar-refractivity contribution in [2.45, 2.75) is 32.1 Å². The second-order valence-corrected chi connectivity index (χ2v) is 5.83. The van der Waals surface area contributed by atoms with Gasteiger partial charge in [0.1, 0.15) is 10.7 Å². The number of primary sulfonamides is 1. The van der Waals surface area contributed by atoms with E-state index in [9.17, 15) is 13.2 Å². The molecule has 102 valence electrons. The predicted molar refractivity (Wildman–Crippen MR) is 66.6 cm³/mol. The highest BCUT2D eigenvalue weighted by molar-refractivity contribution is 7.89. The lowest BCUT2D eigenvalue weighted by atomic mass is 10.1. The molecule has 1 atom stereocenters. The van der Waals surface area contributed by atoms with Crippen molar-refractivity contribution in [1.82, 2.24) is 5.32 Å². The van der Waals surface area contributed by atoms with Crippen molar-refractivity contribution >= 4 is 15.9 Å². The van der Waals surface area contributed by atoms with Crippen molar-refractivity contribution < 1.29 is 17.6 Å². The van der Waals surface area contributed by atoms with Crippen molar-refractivity contribution in [2.24, 2.45) is 11.1 Å². The smallest absolute Gasteiger partial charge is 0.287 e. The lowest BCUT2D eigenvalue weighted by Gasteiger charge is -2.08. The third kappa shape index (κ3) is 3.58. The molecule has 0 aliphatic heterocycles. The second-order valence-electron chi connectivity index (χ2n) is 4.30. The molecule has 6 nitrogen and oxygen atoms in total. The summed E-state index contributed by atoms with van der Waals surface area (Å²) in [5, 5.41) is 7.67. The van der Waals surface area contributed by atoms with Gasteiger partial charge < -0.3 is 9.73 Å². The first kappa shape index (κ1) is 14.7. The zero-order chi connectivity index (χ0) is 13.9. The van der Waals surface area contributed by atoms with Crippen molar-refractivity contribution in [2.75, 3.05) is 6.54 Å². The van der Waals surface area contributed by atoms with E-state index in [4.69, 9.17) is 9.56 Å². The molecule has 0 bridgehead atoms. The average molecular weight is 274 g/mol. The fourth-order valence-corrected chi connectivity index (χ4v) is 2.07. The number of carbonyl (C=O) groups is 1. The van der Waals surface area contributed by atoms with Gasteiger partial charge in [-0.25, -0.2) is 13.6 Å². The molecule has 3 N–H and O–H groups in total. The van der Waals surface area contributed by atoms with Crippen molar-refractivity contribution in [1.29, 1.82) is 0 Å². The fourth-order valence-electron chi connectivity index (χ4n) is 1.36. The number of aryl methyl sites for hydroxylation is 1. The van der Waals surface area contributed by atoms with E-state index in [2.05, 4.69) is 5.32 Å². The lowest BCUT2D eigenvalue weighted by molar-refractivity contribution is 0.0918. The summed E-state index contributed by atoms with van der Waals surface area (Å²) in [6, 6.07) is 1.15. The number of rotatable bonds is 5. The van der Waals surface area contributed by atoms with Gasteiger partial charge in [-0.1, -0.05) is 20.3 Å². The Bertz CT molecular complexity index is 533. The Hall–Kier alpha value is -1.34. The van der Waals surface area contributed by atoms with Crippen LogP contribution in [0, 0.1) is 12.8 Å². The Balaban J connectivity index is 2.83. The Morgan fingerprint density at radius 1 is 1.56 bits per heavy atom. The number of nitrogens with two attached hydrogens (primary N) is 1. The first-order chi connectivity index (χ1) is 8.25. The number of nitrogens with one attached hydrogen (secondary N) is 1. The van der Waals surface area contributed by atoms with Crippen LogP contribution < -0.4 is 10.5 Å². The quantitative estimate of drug-likeness (QED) is 0.836. The molecule has 0 fully saturated rings. The minimum absolute atomic E-state index is 0.0418. The van der Waals surface area contributed by atoms with Gasteiger partial charge >= 0.3 is 0 Å².